The van der Waals surface area contributed by atoms with Crippen LogP contribution in [0.25, 0.3) is 11.5 Å². The molecule has 1 amide bonds. The lowest BCUT2D eigenvalue weighted by Crippen LogP contribution is -2.52. The van der Waals surface area contributed by atoms with E-state index in [2.05, 4.69) is 22.3 Å². The van der Waals surface area contributed by atoms with E-state index in [4.69, 9.17) is 13.9 Å². The zero-order valence-corrected chi connectivity index (χ0v) is 24.3. The van der Waals surface area contributed by atoms with Crippen LogP contribution < -0.4 is 4.90 Å². The van der Waals surface area contributed by atoms with Gasteiger partial charge < -0.3 is 13.8 Å². The molecular formula is C33H38FN5O3. The smallest absolute Gasteiger partial charge is 0.247 e. The van der Waals surface area contributed by atoms with Crippen LogP contribution in [0.3, 0.4) is 0 Å². The molecule has 2 heterocycles. The van der Waals surface area contributed by atoms with E-state index in [1.54, 1.807) is 0 Å². The summed E-state index contributed by atoms with van der Waals surface area (Å²) in [6.07, 6.45) is 11.9. The lowest BCUT2D eigenvalue weighted by molar-refractivity contribution is -0.123. The number of hydrogen-bond acceptors (Lipinski definition) is 7. The van der Waals surface area contributed by atoms with Crippen molar-refractivity contribution in [3.05, 3.63) is 41.9 Å². The van der Waals surface area contributed by atoms with E-state index in [0.29, 0.717) is 43.5 Å². The van der Waals surface area contributed by atoms with Crippen LogP contribution in [0, 0.1) is 17.3 Å². The summed E-state index contributed by atoms with van der Waals surface area (Å²) in [7, 11) is 0. The molecule has 2 aromatic heterocycles. The van der Waals surface area contributed by atoms with Crippen molar-refractivity contribution in [1.29, 1.82) is 0 Å². The summed E-state index contributed by atoms with van der Waals surface area (Å²) in [4.78, 5) is 21.2. The number of halogens is 1. The Morgan fingerprint density at radius 2 is 1.79 bits per heavy atom. The second kappa shape index (κ2) is 8.50. The molecule has 1 atom stereocenters. The van der Waals surface area contributed by atoms with Crippen molar-refractivity contribution in [2.24, 2.45) is 17.3 Å². The zero-order chi connectivity index (χ0) is 28.3. The minimum Gasteiger partial charge on any atom is -0.420 e. The standard InChI is InChI=1S/C33H38FN5O3/c1-30(7-8-30)29-35-28(38-42-29)32-12-9-31(10-13-32,11-14-32)19-39(27(40)24-18-33(34)16-22(24)17-33)23-4-2-3-21(15-23)26-37-36-25(41-26)20-5-6-20/h2-4,15,20,22,24H,5-14,16-19H2,1H3/t22?,24-,31?,32?,33?/m1/s1. The molecule has 0 saturated heterocycles. The van der Waals surface area contributed by atoms with Gasteiger partial charge in [0.15, 0.2) is 5.82 Å². The van der Waals surface area contributed by atoms with Crippen LogP contribution in [0.15, 0.2) is 33.2 Å². The van der Waals surface area contributed by atoms with Crippen molar-refractivity contribution < 1.29 is 18.1 Å². The maximum absolute atomic E-state index is 15.0. The second-order valence-electron chi connectivity index (χ2n) is 15.1. The molecule has 0 unspecified atom stereocenters. The number of amides is 1. The Kier molecular flexibility index (Phi) is 5.14. The van der Waals surface area contributed by atoms with Gasteiger partial charge in [0.05, 0.1) is 0 Å². The van der Waals surface area contributed by atoms with Crippen molar-refractivity contribution in [3.63, 3.8) is 0 Å². The summed E-state index contributed by atoms with van der Waals surface area (Å²) >= 11 is 0. The number of aromatic nitrogens is 4. The third-order valence-electron chi connectivity index (χ3n) is 12.1. The molecule has 8 saturated carbocycles. The summed E-state index contributed by atoms with van der Waals surface area (Å²) in [6.45, 7) is 2.86. The Bertz CT molecular complexity index is 1540. The Labute approximate surface area is 244 Å². The van der Waals surface area contributed by atoms with E-state index < -0.39 is 5.67 Å². The summed E-state index contributed by atoms with van der Waals surface area (Å²) in [6, 6.07) is 7.96. The first-order valence-corrected chi connectivity index (χ1v) is 16.0. The number of nitrogens with zero attached hydrogens (tertiary/aromatic N) is 5. The highest BCUT2D eigenvalue weighted by Crippen LogP contribution is 2.60. The highest BCUT2D eigenvalue weighted by molar-refractivity contribution is 5.96. The van der Waals surface area contributed by atoms with Crippen molar-refractivity contribution in [1.82, 2.24) is 20.3 Å². The van der Waals surface area contributed by atoms with Gasteiger partial charge in [0, 0.05) is 40.5 Å². The third-order valence-corrected chi connectivity index (χ3v) is 12.1. The molecule has 0 spiro atoms. The summed E-state index contributed by atoms with van der Waals surface area (Å²) < 4.78 is 26.7. The van der Waals surface area contributed by atoms with Gasteiger partial charge in [-0.1, -0.05) is 18.1 Å². The minimum absolute atomic E-state index is 0.0198. The monoisotopic (exact) mass is 571 g/mol. The fourth-order valence-electron chi connectivity index (χ4n) is 8.59. The van der Waals surface area contributed by atoms with Crippen molar-refractivity contribution in [3.8, 4) is 11.5 Å². The predicted octanol–water partition coefficient (Wildman–Crippen LogP) is 6.81. The number of rotatable bonds is 8. The molecule has 4 bridgehead atoms. The Morgan fingerprint density at radius 1 is 1.02 bits per heavy atom. The van der Waals surface area contributed by atoms with Gasteiger partial charge in [-0.05, 0) is 113 Å². The summed E-state index contributed by atoms with van der Waals surface area (Å²) in [5.74, 6) is 3.27. The van der Waals surface area contributed by atoms with Gasteiger partial charge in [0.1, 0.15) is 5.67 Å². The molecule has 0 aliphatic heterocycles. The fraction of sp³-hybridized carbons (Fsp3) is 0.667. The van der Waals surface area contributed by atoms with Gasteiger partial charge >= 0.3 is 0 Å². The quantitative estimate of drug-likeness (QED) is 0.293. The minimum atomic E-state index is -1.14. The van der Waals surface area contributed by atoms with Crippen LogP contribution in [0.5, 0.6) is 0 Å². The van der Waals surface area contributed by atoms with Crippen LogP contribution in [-0.4, -0.2) is 38.5 Å². The molecule has 9 heteroatoms. The zero-order valence-electron chi connectivity index (χ0n) is 24.3. The van der Waals surface area contributed by atoms with Gasteiger partial charge in [-0.25, -0.2) is 4.39 Å². The first-order chi connectivity index (χ1) is 20.2. The third kappa shape index (κ3) is 3.94. The molecule has 3 aromatic rings. The lowest BCUT2D eigenvalue weighted by Gasteiger charge is -2.53. The topological polar surface area (TPSA) is 98.2 Å². The molecule has 42 heavy (non-hydrogen) atoms. The SMILES string of the molecule is CC1(c2nc(C34CCC(CN(C(=O)[C@@H]5CC6(F)CC5C6)c5cccc(-c6nnc(C7CC7)o6)c5)(CC3)CC4)no2)CC1. The number of carbonyl (C=O) groups excluding carboxylic acids is 1. The van der Waals surface area contributed by atoms with Crippen molar-refractivity contribution in [2.75, 3.05) is 11.4 Å². The highest BCUT2D eigenvalue weighted by Gasteiger charge is 2.60. The lowest BCUT2D eigenvalue weighted by atomic mass is 9.53. The number of hydrogen-bond donors (Lipinski definition) is 0. The highest BCUT2D eigenvalue weighted by atomic mass is 19.1. The van der Waals surface area contributed by atoms with E-state index in [-0.39, 0.29) is 34.0 Å². The molecule has 8 aliphatic carbocycles. The van der Waals surface area contributed by atoms with Crippen LogP contribution >= 0.6 is 0 Å². The number of carbonyl (C=O) groups is 1. The van der Waals surface area contributed by atoms with Crippen molar-refractivity contribution in [2.45, 2.75) is 113 Å². The van der Waals surface area contributed by atoms with E-state index in [9.17, 15) is 9.18 Å². The molecule has 0 radical (unpaired) electrons. The Morgan fingerprint density at radius 3 is 2.45 bits per heavy atom. The van der Waals surface area contributed by atoms with Gasteiger partial charge in [-0.3, -0.25) is 4.79 Å². The van der Waals surface area contributed by atoms with Gasteiger partial charge in [0.25, 0.3) is 0 Å². The Hall–Kier alpha value is -3.10. The molecule has 8 fully saturated rings. The maximum Gasteiger partial charge on any atom is 0.247 e. The number of fused-ring (bicyclic) bond motifs is 4. The number of benzene rings is 1. The summed E-state index contributed by atoms with van der Waals surface area (Å²) in [5.41, 5.74) is 0.608. The van der Waals surface area contributed by atoms with Crippen LogP contribution in [0.1, 0.15) is 114 Å². The first-order valence-electron chi connectivity index (χ1n) is 16.0. The maximum atomic E-state index is 15.0. The fourth-order valence-corrected chi connectivity index (χ4v) is 8.59. The van der Waals surface area contributed by atoms with Gasteiger partial charge in [-0.15, -0.1) is 10.2 Å². The predicted molar refractivity (Wildman–Crippen MR) is 151 cm³/mol. The van der Waals surface area contributed by atoms with Crippen LogP contribution in [0.2, 0.25) is 0 Å². The molecule has 8 nitrogen and oxygen atoms in total. The van der Waals surface area contributed by atoms with Gasteiger partial charge in [-0.2, -0.15) is 4.98 Å². The van der Waals surface area contributed by atoms with Crippen molar-refractivity contribution >= 4 is 11.6 Å². The average Bonchev–Trinajstić information content (AvgIpc) is 3.73. The first kappa shape index (κ1) is 25.4. The van der Waals surface area contributed by atoms with Crippen LogP contribution in [-0.2, 0) is 15.6 Å². The number of anilines is 1. The number of alkyl halides is 1. The van der Waals surface area contributed by atoms with E-state index >= 15 is 0 Å². The van der Waals surface area contributed by atoms with E-state index in [1.165, 1.54) is 0 Å². The van der Waals surface area contributed by atoms with Gasteiger partial charge in [0.2, 0.25) is 23.6 Å². The average molecular weight is 572 g/mol. The van der Waals surface area contributed by atoms with Crippen LogP contribution in [0.4, 0.5) is 10.1 Å². The molecule has 11 rings (SSSR count). The Balaban J connectivity index is 0.994. The van der Waals surface area contributed by atoms with E-state index in [0.717, 1.165) is 87.2 Å². The molecular weight excluding hydrogens is 533 g/mol. The second-order valence-corrected chi connectivity index (χ2v) is 15.1. The normalized spacial score (nSPS) is 35.7. The van der Waals surface area contributed by atoms with E-state index in [1.807, 2.05) is 29.2 Å². The molecule has 1 aromatic carbocycles. The molecule has 220 valence electrons. The largest absolute Gasteiger partial charge is 0.420 e. The molecule has 8 aliphatic rings. The summed E-state index contributed by atoms with van der Waals surface area (Å²) in [5, 5.41) is 13.1. The molecule has 0 N–H and O–H groups in total.